The molecule has 0 aromatic heterocycles. The Kier molecular flexibility index (Phi) is 6.88. The first-order valence-electron chi connectivity index (χ1n) is 7.98. The largest absolute Gasteiger partial charge is 0.393 e. The first-order valence-corrected chi connectivity index (χ1v) is 7.98. The van der Waals surface area contributed by atoms with Crippen LogP contribution in [0.4, 0.5) is 4.79 Å². The number of hydrogen-bond donors (Lipinski definition) is 3. The fourth-order valence-electron chi connectivity index (χ4n) is 2.68. The third-order valence-corrected chi connectivity index (χ3v) is 3.69. The van der Waals surface area contributed by atoms with Gasteiger partial charge in [-0.3, -0.25) is 0 Å². The summed E-state index contributed by atoms with van der Waals surface area (Å²) in [5.74, 6) is 0.304. The van der Waals surface area contributed by atoms with Crippen molar-refractivity contribution in [3.05, 3.63) is 35.9 Å². The van der Waals surface area contributed by atoms with E-state index in [-0.39, 0.29) is 23.6 Å². The molecule has 0 radical (unpaired) electrons. The first kappa shape index (κ1) is 18.5. The molecule has 4 nitrogen and oxygen atoms in total. The molecule has 1 rings (SSSR count). The predicted molar refractivity (Wildman–Crippen MR) is 90.6 cm³/mol. The number of aliphatic hydroxyl groups is 1. The van der Waals surface area contributed by atoms with Gasteiger partial charge in [0.25, 0.3) is 0 Å². The summed E-state index contributed by atoms with van der Waals surface area (Å²) >= 11 is 0. The number of aliphatic hydroxyl groups excluding tert-OH is 1. The number of hydrogen-bond acceptors (Lipinski definition) is 2. The summed E-state index contributed by atoms with van der Waals surface area (Å²) in [4.78, 5) is 12.2. The van der Waals surface area contributed by atoms with Gasteiger partial charge in [0, 0.05) is 6.54 Å². The smallest absolute Gasteiger partial charge is 0.315 e. The predicted octanol–water partition coefficient (Wildman–Crippen LogP) is 3.48. The van der Waals surface area contributed by atoms with Gasteiger partial charge >= 0.3 is 6.03 Å². The molecule has 0 saturated carbocycles. The lowest BCUT2D eigenvalue weighted by molar-refractivity contribution is 0.128. The lowest BCUT2D eigenvalue weighted by Crippen LogP contribution is -2.43. The zero-order valence-electron chi connectivity index (χ0n) is 14.4. The van der Waals surface area contributed by atoms with Crippen LogP contribution in [0.15, 0.2) is 30.3 Å². The molecule has 0 aliphatic rings. The van der Waals surface area contributed by atoms with Crippen molar-refractivity contribution < 1.29 is 9.90 Å². The van der Waals surface area contributed by atoms with Crippen LogP contribution in [0.1, 0.15) is 52.6 Å². The minimum Gasteiger partial charge on any atom is -0.393 e. The van der Waals surface area contributed by atoms with E-state index in [0.29, 0.717) is 18.9 Å². The number of carbonyl (C=O) groups excluding carboxylic acids is 1. The van der Waals surface area contributed by atoms with Gasteiger partial charge in [-0.1, -0.05) is 58.0 Å². The standard InChI is InChI=1S/C18H30N2O2/c1-13(2)16(15-9-7-6-8-10-15)20-17(22)19-12-18(4,5)11-14(3)21/h6-10,13-14,16,21H,11-12H2,1-5H3,(H2,19,20,22). The molecule has 22 heavy (non-hydrogen) atoms. The Hall–Kier alpha value is -1.55. The molecular formula is C18H30N2O2. The van der Waals surface area contributed by atoms with E-state index in [0.717, 1.165) is 5.56 Å². The highest BCUT2D eigenvalue weighted by atomic mass is 16.3. The van der Waals surface area contributed by atoms with Crippen LogP contribution in [0.2, 0.25) is 0 Å². The van der Waals surface area contributed by atoms with E-state index in [1.54, 1.807) is 6.92 Å². The number of urea groups is 1. The Balaban J connectivity index is 2.58. The van der Waals surface area contributed by atoms with Gasteiger partial charge in [-0.2, -0.15) is 0 Å². The molecule has 4 heteroatoms. The summed E-state index contributed by atoms with van der Waals surface area (Å²) in [6.45, 7) is 10.6. The number of amides is 2. The Morgan fingerprint density at radius 1 is 1.18 bits per heavy atom. The van der Waals surface area contributed by atoms with Crippen LogP contribution in [-0.2, 0) is 0 Å². The molecule has 1 aromatic carbocycles. The van der Waals surface area contributed by atoms with E-state index in [1.807, 2.05) is 44.2 Å². The highest BCUT2D eigenvalue weighted by Gasteiger charge is 2.23. The van der Waals surface area contributed by atoms with Gasteiger partial charge in [0.1, 0.15) is 0 Å². The molecular weight excluding hydrogens is 276 g/mol. The second-order valence-corrected chi connectivity index (χ2v) is 7.18. The third-order valence-electron chi connectivity index (χ3n) is 3.69. The Morgan fingerprint density at radius 3 is 2.27 bits per heavy atom. The fourth-order valence-corrected chi connectivity index (χ4v) is 2.68. The van der Waals surface area contributed by atoms with Crippen LogP contribution >= 0.6 is 0 Å². The van der Waals surface area contributed by atoms with Gasteiger partial charge in [-0.15, -0.1) is 0 Å². The van der Waals surface area contributed by atoms with Crippen LogP contribution < -0.4 is 10.6 Å². The normalized spacial score (nSPS) is 14.5. The molecule has 0 fully saturated rings. The summed E-state index contributed by atoms with van der Waals surface area (Å²) < 4.78 is 0. The average molecular weight is 306 g/mol. The number of nitrogens with one attached hydrogen (secondary N) is 2. The maximum absolute atomic E-state index is 12.2. The zero-order chi connectivity index (χ0) is 16.8. The van der Waals surface area contributed by atoms with Gasteiger partial charge in [-0.05, 0) is 30.2 Å². The highest BCUT2D eigenvalue weighted by molar-refractivity contribution is 5.74. The molecule has 0 spiro atoms. The van der Waals surface area contributed by atoms with Crippen molar-refractivity contribution >= 4 is 6.03 Å². The number of carbonyl (C=O) groups is 1. The molecule has 0 aliphatic carbocycles. The molecule has 3 N–H and O–H groups in total. The zero-order valence-corrected chi connectivity index (χ0v) is 14.4. The second kappa shape index (κ2) is 8.18. The van der Waals surface area contributed by atoms with Gasteiger partial charge in [-0.25, -0.2) is 4.79 Å². The summed E-state index contributed by atoms with van der Waals surface area (Å²) in [7, 11) is 0. The Morgan fingerprint density at radius 2 is 1.77 bits per heavy atom. The lowest BCUT2D eigenvalue weighted by atomic mass is 9.87. The van der Waals surface area contributed by atoms with E-state index in [4.69, 9.17) is 0 Å². The molecule has 0 heterocycles. The summed E-state index contributed by atoms with van der Waals surface area (Å²) in [5, 5.41) is 15.5. The maximum Gasteiger partial charge on any atom is 0.315 e. The SMILES string of the molecule is CC(O)CC(C)(C)CNC(=O)NC(c1ccccc1)C(C)C. The number of benzene rings is 1. The molecule has 2 unspecified atom stereocenters. The number of rotatable bonds is 7. The molecule has 124 valence electrons. The fraction of sp³-hybridized carbons (Fsp3) is 0.611. The van der Waals surface area contributed by atoms with Crippen molar-refractivity contribution in [3.8, 4) is 0 Å². The van der Waals surface area contributed by atoms with Gasteiger partial charge in [0.05, 0.1) is 12.1 Å². The van der Waals surface area contributed by atoms with E-state index in [9.17, 15) is 9.90 Å². The topological polar surface area (TPSA) is 61.4 Å². The molecule has 0 bridgehead atoms. The van der Waals surface area contributed by atoms with Crippen molar-refractivity contribution in [2.24, 2.45) is 11.3 Å². The van der Waals surface area contributed by atoms with Crippen LogP contribution in [0.25, 0.3) is 0 Å². The van der Waals surface area contributed by atoms with E-state index in [1.165, 1.54) is 0 Å². The quantitative estimate of drug-likeness (QED) is 0.722. The average Bonchev–Trinajstić information content (AvgIpc) is 2.42. The molecule has 2 amide bonds. The van der Waals surface area contributed by atoms with Crippen molar-refractivity contribution in [2.45, 2.75) is 53.2 Å². The monoisotopic (exact) mass is 306 g/mol. The van der Waals surface area contributed by atoms with Gasteiger partial charge in [0.2, 0.25) is 0 Å². The van der Waals surface area contributed by atoms with Gasteiger partial charge in [0.15, 0.2) is 0 Å². The summed E-state index contributed by atoms with van der Waals surface area (Å²) in [6.07, 6.45) is 0.284. The van der Waals surface area contributed by atoms with E-state index < -0.39 is 0 Å². The second-order valence-electron chi connectivity index (χ2n) is 7.18. The van der Waals surface area contributed by atoms with Crippen LogP contribution in [-0.4, -0.2) is 23.8 Å². The lowest BCUT2D eigenvalue weighted by Gasteiger charge is -2.28. The van der Waals surface area contributed by atoms with Crippen molar-refractivity contribution in [1.82, 2.24) is 10.6 Å². The van der Waals surface area contributed by atoms with Crippen molar-refractivity contribution in [1.29, 1.82) is 0 Å². The minimum absolute atomic E-state index is 0.0129. The van der Waals surface area contributed by atoms with Crippen molar-refractivity contribution in [2.75, 3.05) is 6.54 Å². The molecule has 2 atom stereocenters. The van der Waals surface area contributed by atoms with Crippen LogP contribution in [0.3, 0.4) is 0 Å². The highest BCUT2D eigenvalue weighted by Crippen LogP contribution is 2.22. The Labute approximate surface area is 134 Å². The summed E-state index contributed by atoms with van der Waals surface area (Å²) in [6, 6.07) is 9.82. The molecule has 1 aromatic rings. The maximum atomic E-state index is 12.2. The minimum atomic E-state index is -0.368. The van der Waals surface area contributed by atoms with Crippen LogP contribution in [0.5, 0.6) is 0 Å². The molecule has 0 saturated heterocycles. The van der Waals surface area contributed by atoms with Crippen molar-refractivity contribution in [3.63, 3.8) is 0 Å². The first-order chi connectivity index (χ1) is 10.2. The van der Waals surface area contributed by atoms with Gasteiger partial charge < -0.3 is 15.7 Å². The summed E-state index contributed by atoms with van der Waals surface area (Å²) in [5.41, 5.74) is 0.974. The van der Waals surface area contributed by atoms with E-state index in [2.05, 4.69) is 24.5 Å². The molecule has 0 aliphatic heterocycles. The Bertz CT molecular complexity index is 455. The van der Waals surface area contributed by atoms with E-state index >= 15 is 0 Å². The van der Waals surface area contributed by atoms with Crippen LogP contribution in [0, 0.1) is 11.3 Å². The third kappa shape index (κ3) is 6.48.